The minimum atomic E-state index is -0.494. The van der Waals surface area contributed by atoms with Crippen molar-refractivity contribution in [2.75, 3.05) is 0 Å². The summed E-state index contributed by atoms with van der Waals surface area (Å²) in [6.45, 7) is 0. The maximum atomic E-state index is 14.1. The van der Waals surface area contributed by atoms with Gasteiger partial charge in [-0.25, -0.2) is 4.39 Å². The maximum Gasteiger partial charge on any atom is 0.129 e. The quantitative estimate of drug-likeness (QED) is 0.385. The molecule has 3 rings (SSSR count). The molecule has 0 saturated heterocycles. The molecule has 0 N–H and O–H groups in total. The van der Waals surface area contributed by atoms with Crippen LogP contribution in [0.25, 0.3) is 10.1 Å². The van der Waals surface area contributed by atoms with Gasteiger partial charge in [-0.05, 0) is 50.5 Å². The van der Waals surface area contributed by atoms with Crippen molar-refractivity contribution < 1.29 is 4.39 Å². The molecule has 0 aliphatic heterocycles. The summed E-state index contributed by atoms with van der Waals surface area (Å²) in [7, 11) is 0. The van der Waals surface area contributed by atoms with Gasteiger partial charge in [0.25, 0.3) is 0 Å². The zero-order chi connectivity index (χ0) is 14.3. The van der Waals surface area contributed by atoms with E-state index in [-0.39, 0.29) is 5.82 Å². The molecule has 1 atom stereocenters. The number of halogens is 4. The molecule has 0 bridgehead atoms. The van der Waals surface area contributed by atoms with Gasteiger partial charge in [0.1, 0.15) is 5.82 Å². The molecule has 1 heterocycles. The Morgan fingerprint density at radius 1 is 1.10 bits per heavy atom. The fraction of sp³-hybridized carbons (Fsp3) is 0.0667. The minimum absolute atomic E-state index is 0.297. The van der Waals surface area contributed by atoms with E-state index in [9.17, 15) is 4.39 Å². The Morgan fingerprint density at radius 2 is 1.90 bits per heavy atom. The molecule has 1 aromatic heterocycles. The Morgan fingerprint density at radius 3 is 2.65 bits per heavy atom. The van der Waals surface area contributed by atoms with Gasteiger partial charge in [-0.2, -0.15) is 0 Å². The molecule has 5 heteroatoms. The second-order valence-electron chi connectivity index (χ2n) is 4.34. The average Bonchev–Trinajstić information content (AvgIpc) is 2.83. The third-order valence-electron chi connectivity index (χ3n) is 3.09. The van der Waals surface area contributed by atoms with E-state index < -0.39 is 5.38 Å². The molecule has 0 spiro atoms. The molecule has 3 aromatic rings. The molecular formula is C15H8Br2ClFS. The Labute approximate surface area is 141 Å². The number of alkyl halides is 1. The molecular weight excluding hydrogens is 426 g/mol. The average molecular weight is 435 g/mol. The first-order valence-electron chi connectivity index (χ1n) is 5.82. The molecule has 102 valence electrons. The van der Waals surface area contributed by atoms with Crippen molar-refractivity contribution in [2.45, 2.75) is 5.38 Å². The molecule has 2 aromatic carbocycles. The summed E-state index contributed by atoms with van der Waals surface area (Å²) in [5, 5.41) is 2.56. The Hall–Kier alpha value is -0.420. The summed E-state index contributed by atoms with van der Waals surface area (Å²) in [4.78, 5) is 0. The maximum absolute atomic E-state index is 14.1. The summed E-state index contributed by atoms with van der Waals surface area (Å²) in [6.07, 6.45) is 0. The van der Waals surface area contributed by atoms with Crippen LogP contribution in [0.1, 0.15) is 16.5 Å². The van der Waals surface area contributed by atoms with Gasteiger partial charge in [0, 0.05) is 19.2 Å². The van der Waals surface area contributed by atoms with E-state index in [0.29, 0.717) is 10.0 Å². The predicted octanol–water partition coefficient (Wildman–Crippen LogP) is 6.89. The highest BCUT2D eigenvalue weighted by molar-refractivity contribution is 9.11. The third-order valence-corrected chi connectivity index (χ3v) is 6.02. The van der Waals surface area contributed by atoms with Crippen molar-refractivity contribution in [1.29, 1.82) is 0 Å². The fourth-order valence-electron chi connectivity index (χ4n) is 2.11. The molecule has 1 unspecified atom stereocenters. The number of hydrogen-bond acceptors (Lipinski definition) is 1. The fourth-order valence-corrected chi connectivity index (χ4v) is 4.53. The van der Waals surface area contributed by atoms with Crippen molar-refractivity contribution in [3.8, 4) is 0 Å². The van der Waals surface area contributed by atoms with Crippen LogP contribution in [0.2, 0.25) is 0 Å². The minimum Gasteiger partial charge on any atom is -0.207 e. The van der Waals surface area contributed by atoms with E-state index in [0.717, 1.165) is 20.1 Å². The summed E-state index contributed by atoms with van der Waals surface area (Å²) >= 11 is 14.9. The molecule has 0 fully saturated rings. The number of hydrogen-bond donors (Lipinski definition) is 0. The third kappa shape index (κ3) is 2.54. The summed E-state index contributed by atoms with van der Waals surface area (Å²) in [5.41, 5.74) is 1.43. The molecule has 0 amide bonds. The topological polar surface area (TPSA) is 0 Å². The number of thiophene rings is 1. The smallest absolute Gasteiger partial charge is 0.129 e. The van der Waals surface area contributed by atoms with Crippen LogP contribution in [0.4, 0.5) is 4.39 Å². The Bertz CT molecular complexity index is 785. The molecule has 0 aliphatic carbocycles. The van der Waals surface area contributed by atoms with Crippen LogP contribution in [0.15, 0.2) is 50.7 Å². The van der Waals surface area contributed by atoms with Gasteiger partial charge in [-0.3, -0.25) is 0 Å². The Balaban J connectivity index is 2.13. The van der Waals surface area contributed by atoms with E-state index in [4.69, 9.17) is 11.6 Å². The van der Waals surface area contributed by atoms with Gasteiger partial charge in [0.15, 0.2) is 0 Å². The van der Waals surface area contributed by atoms with E-state index in [1.165, 1.54) is 6.07 Å². The highest BCUT2D eigenvalue weighted by Crippen LogP contribution is 2.40. The second-order valence-corrected chi connectivity index (χ2v) is 7.42. The largest absolute Gasteiger partial charge is 0.207 e. The normalized spacial score (nSPS) is 12.8. The zero-order valence-electron chi connectivity index (χ0n) is 10.0. The van der Waals surface area contributed by atoms with Crippen LogP contribution in [0, 0.1) is 5.82 Å². The SMILES string of the molecule is Fc1cc(Br)ccc1C(Cl)c1csc2c(Br)cccc12. The highest BCUT2D eigenvalue weighted by atomic mass is 79.9. The van der Waals surface area contributed by atoms with Crippen LogP contribution >= 0.6 is 54.8 Å². The first-order chi connectivity index (χ1) is 9.58. The highest BCUT2D eigenvalue weighted by Gasteiger charge is 2.19. The number of benzene rings is 2. The lowest BCUT2D eigenvalue weighted by molar-refractivity contribution is 0.612. The Kier molecular flexibility index (Phi) is 4.18. The molecule has 0 radical (unpaired) electrons. The van der Waals surface area contributed by atoms with Crippen LogP contribution in [-0.2, 0) is 0 Å². The first-order valence-corrected chi connectivity index (χ1v) is 8.73. The lowest BCUT2D eigenvalue weighted by Crippen LogP contribution is -1.96. The monoisotopic (exact) mass is 432 g/mol. The summed E-state index contributed by atoms with van der Waals surface area (Å²) in [5.74, 6) is -0.297. The van der Waals surface area contributed by atoms with E-state index >= 15 is 0 Å². The van der Waals surface area contributed by atoms with E-state index in [2.05, 4.69) is 31.9 Å². The lowest BCUT2D eigenvalue weighted by Gasteiger charge is -2.11. The van der Waals surface area contributed by atoms with Gasteiger partial charge < -0.3 is 0 Å². The van der Waals surface area contributed by atoms with Gasteiger partial charge >= 0.3 is 0 Å². The number of fused-ring (bicyclic) bond motifs is 1. The van der Waals surface area contributed by atoms with Crippen LogP contribution in [0.3, 0.4) is 0 Å². The number of rotatable bonds is 2. The lowest BCUT2D eigenvalue weighted by atomic mass is 10.0. The van der Waals surface area contributed by atoms with Crippen LogP contribution in [-0.4, -0.2) is 0 Å². The van der Waals surface area contributed by atoms with Gasteiger partial charge in [0.2, 0.25) is 0 Å². The van der Waals surface area contributed by atoms with Crippen LogP contribution in [0.5, 0.6) is 0 Å². The molecule has 0 nitrogen and oxygen atoms in total. The van der Waals surface area contributed by atoms with Crippen molar-refractivity contribution >= 4 is 64.9 Å². The van der Waals surface area contributed by atoms with E-state index in [1.807, 2.05) is 23.6 Å². The molecule has 0 saturated carbocycles. The standard InChI is InChI=1S/C15H8Br2ClFS/c16-8-4-5-10(13(19)6-8)14(18)11-7-20-15-9(11)2-1-3-12(15)17/h1-7,14H. The first kappa shape index (κ1) is 14.5. The van der Waals surface area contributed by atoms with Crippen molar-refractivity contribution in [3.05, 3.63) is 67.7 Å². The molecule has 0 aliphatic rings. The summed E-state index contributed by atoms with van der Waals surface area (Å²) in [6, 6.07) is 10.9. The molecule has 20 heavy (non-hydrogen) atoms. The van der Waals surface area contributed by atoms with Crippen molar-refractivity contribution in [3.63, 3.8) is 0 Å². The van der Waals surface area contributed by atoms with Gasteiger partial charge in [0.05, 0.1) is 5.38 Å². The zero-order valence-corrected chi connectivity index (χ0v) is 14.8. The van der Waals surface area contributed by atoms with E-state index in [1.54, 1.807) is 23.5 Å². The van der Waals surface area contributed by atoms with Crippen molar-refractivity contribution in [2.24, 2.45) is 0 Å². The van der Waals surface area contributed by atoms with Crippen molar-refractivity contribution in [1.82, 2.24) is 0 Å². The van der Waals surface area contributed by atoms with Crippen LogP contribution < -0.4 is 0 Å². The van der Waals surface area contributed by atoms with Gasteiger partial charge in [-0.15, -0.1) is 22.9 Å². The second kappa shape index (κ2) is 5.76. The predicted molar refractivity (Wildman–Crippen MR) is 91.3 cm³/mol. The van der Waals surface area contributed by atoms with Gasteiger partial charge in [-0.1, -0.05) is 34.1 Å². The summed E-state index contributed by atoms with van der Waals surface area (Å²) < 4.78 is 16.9.